The summed E-state index contributed by atoms with van der Waals surface area (Å²) in [5, 5.41) is 0. The summed E-state index contributed by atoms with van der Waals surface area (Å²) in [4.78, 5) is 12.5. The molecular formula is C24H16O. The lowest BCUT2D eigenvalue weighted by Crippen LogP contribution is -1.98. The maximum absolute atomic E-state index is 12.5. The Morgan fingerprint density at radius 1 is 0.680 bits per heavy atom. The van der Waals surface area contributed by atoms with Gasteiger partial charge in [-0.15, -0.1) is 0 Å². The average Bonchev–Trinajstić information content (AvgIpc) is 2.67. The zero-order valence-corrected chi connectivity index (χ0v) is 13.9. The standard InChI is InChI=1S/C24H16O/c1-19-11-13-21(14-12-19)16-18-24(25)23-10-6-5-9-22(23)17-15-20-7-3-2-4-8-20/h2-14H,1H3. The molecular weight excluding hydrogens is 304 g/mol. The fourth-order valence-corrected chi connectivity index (χ4v) is 2.28. The van der Waals surface area contributed by atoms with Gasteiger partial charge in [-0.25, -0.2) is 0 Å². The Hall–Kier alpha value is -3.55. The fraction of sp³-hybridized carbons (Fsp3) is 0.0417. The van der Waals surface area contributed by atoms with Crippen molar-refractivity contribution in [3.05, 3.63) is 107 Å². The highest BCUT2D eigenvalue weighted by molar-refractivity contribution is 6.10. The minimum absolute atomic E-state index is 0.224. The maximum atomic E-state index is 12.5. The van der Waals surface area contributed by atoms with Crippen molar-refractivity contribution in [2.45, 2.75) is 6.92 Å². The zero-order chi connectivity index (χ0) is 17.5. The SMILES string of the molecule is Cc1ccc(C#CC(=O)c2ccccc2C#Cc2ccccc2)cc1. The molecule has 0 bridgehead atoms. The summed E-state index contributed by atoms with van der Waals surface area (Å²) < 4.78 is 0. The van der Waals surface area contributed by atoms with Gasteiger partial charge in [-0.3, -0.25) is 4.79 Å². The van der Waals surface area contributed by atoms with Gasteiger partial charge in [0, 0.05) is 22.3 Å². The van der Waals surface area contributed by atoms with E-state index in [4.69, 9.17) is 0 Å². The van der Waals surface area contributed by atoms with Crippen molar-refractivity contribution in [3.8, 4) is 23.7 Å². The average molecular weight is 320 g/mol. The number of carbonyl (C=O) groups is 1. The first-order valence-corrected chi connectivity index (χ1v) is 8.01. The molecule has 3 rings (SSSR count). The van der Waals surface area contributed by atoms with Crippen LogP contribution in [0.4, 0.5) is 0 Å². The first kappa shape index (κ1) is 16.3. The molecule has 0 saturated heterocycles. The van der Waals surface area contributed by atoms with Crippen LogP contribution in [-0.2, 0) is 0 Å². The third-order valence-corrected chi connectivity index (χ3v) is 3.66. The molecule has 0 heterocycles. The molecule has 0 aliphatic carbocycles. The van der Waals surface area contributed by atoms with Crippen molar-refractivity contribution in [2.24, 2.45) is 0 Å². The van der Waals surface area contributed by atoms with Crippen molar-refractivity contribution < 1.29 is 4.79 Å². The van der Waals surface area contributed by atoms with E-state index in [1.807, 2.05) is 79.7 Å². The lowest BCUT2D eigenvalue weighted by Gasteiger charge is -1.98. The van der Waals surface area contributed by atoms with Crippen LogP contribution in [0, 0.1) is 30.6 Å². The van der Waals surface area contributed by atoms with E-state index < -0.39 is 0 Å². The highest BCUT2D eigenvalue weighted by Gasteiger charge is 2.06. The lowest BCUT2D eigenvalue weighted by molar-refractivity contribution is 0.105. The minimum Gasteiger partial charge on any atom is -0.279 e. The molecule has 0 aliphatic rings. The summed E-state index contributed by atoms with van der Waals surface area (Å²) in [5.41, 5.74) is 4.13. The van der Waals surface area contributed by atoms with Gasteiger partial charge in [-0.05, 0) is 49.2 Å². The number of carbonyl (C=O) groups excluding carboxylic acids is 1. The topological polar surface area (TPSA) is 17.1 Å². The van der Waals surface area contributed by atoms with Crippen molar-refractivity contribution >= 4 is 5.78 Å². The third kappa shape index (κ3) is 4.47. The minimum atomic E-state index is -0.224. The molecule has 0 aromatic heterocycles. The van der Waals surface area contributed by atoms with E-state index in [1.165, 1.54) is 5.56 Å². The second-order valence-electron chi connectivity index (χ2n) is 5.61. The Balaban J connectivity index is 1.87. The molecule has 0 aliphatic heterocycles. The largest absolute Gasteiger partial charge is 0.279 e. The van der Waals surface area contributed by atoms with Crippen LogP contribution in [0.3, 0.4) is 0 Å². The monoisotopic (exact) mass is 320 g/mol. The summed E-state index contributed by atoms with van der Waals surface area (Å²) in [7, 11) is 0. The number of benzene rings is 3. The van der Waals surface area contributed by atoms with Crippen molar-refractivity contribution in [1.82, 2.24) is 0 Å². The smallest absolute Gasteiger partial charge is 0.237 e. The number of hydrogen-bond donors (Lipinski definition) is 0. The van der Waals surface area contributed by atoms with Gasteiger partial charge in [0.2, 0.25) is 5.78 Å². The molecule has 0 spiro atoms. The van der Waals surface area contributed by atoms with E-state index >= 15 is 0 Å². The number of ketones is 1. The summed E-state index contributed by atoms with van der Waals surface area (Å²) in [6.45, 7) is 2.02. The molecule has 0 N–H and O–H groups in total. The van der Waals surface area contributed by atoms with Gasteiger partial charge in [-0.1, -0.05) is 65.8 Å². The summed E-state index contributed by atoms with van der Waals surface area (Å²) >= 11 is 0. The van der Waals surface area contributed by atoms with Crippen LogP contribution >= 0.6 is 0 Å². The van der Waals surface area contributed by atoms with Crippen molar-refractivity contribution in [2.75, 3.05) is 0 Å². The number of rotatable bonds is 1. The Bertz CT molecular complexity index is 1000. The zero-order valence-electron chi connectivity index (χ0n) is 13.9. The van der Waals surface area contributed by atoms with Crippen molar-refractivity contribution in [1.29, 1.82) is 0 Å². The Labute approximate surface area is 148 Å². The lowest BCUT2D eigenvalue weighted by atomic mass is 10.0. The Kier molecular flexibility index (Phi) is 5.10. The normalized spacial score (nSPS) is 9.32. The number of hydrogen-bond acceptors (Lipinski definition) is 1. The Morgan fingerprint density at radius 2 is 1.32 bits per heavy atom. The fourth-order valence-electron chi connectivity index (χ4n) is 2.28. The summed E-state index contributed by atoms with van der Waals surface area (Å²) in [6, 6.07) is 24.8. The van der Waals surface area contributed by atoms with Gasteiger partial charge in [0.15, 0.2) is 0 Å². The predicted molar refractivity (Wildman–Crippen MR) is 101 cm³/mol. The molecule has 3 aromatic rings. The van der Waals surface area contributed by atoms with E-state index in [1.54, 1.807) is 6.07 Å². The van der Waals surface area contributed by atoms with Crippen molar-refractivity contribution in [3.63, 3.8) is 0 Å². The van der Waals surface area contributed by atoms with Gasteiger partial charge in [0.05, 0.1) is 0 Å². The molecule has 118 valence electrons. The van der Waals surface area contributed by atoms with E-state index in [2.05, 4.69) is 23.7 Å². The first-order chi connectivity index (χ1) is 12.2. The highest BCUT2D eigenvalue weighted by atomic mass is 16.1. The molecule has 0 unspecified atom stereocenters. The molecule has 1 heteroatoms. The Morgan fingerprint density at radius 3 is 2.08 bits per heavy atom. The van der Waals surface area contributed by atoms with Gasteiger partial charge < -0.3 is 0 Å². The third-order valence-electron chi connectivity index (χ3n) is 3.66. The van der Waals surface area contributed by atoms with Crippen LogP contribution in [0.25, 0.3) is 0 Å². The number of aryl methyl sites for hydroxylation is 1. The highest BCUT2D eigenvalue weighted by Crippen LogP contribution is 2.09. The molecule has 0 atom stereocenters. The van der Waals surface area contributed by atoms with E-state index in [0.717, 1.165) is 11.1 Å². The summed E-state index contributed by atoms with van der Waals surface area (Å²) in [5.74, 6) is 11.6. The van der Waals surface area contributed by atoms with Crippen LogP contribution in [0.5, 0.6) is 0 Å². The van der Waals surface area contributed by atoms with E-state index in [0.29, 0.717) is 11.1 Å². The van der Waals surface area contributed by atoms with Gasteiger partial charge >= 0.3 is 0 Å². The quantitative estimate of drug-likeness (QED) is 0.472. The van der Waals surface area contributed by atoms with Gasteiger partial charge in [-0.2, -0.15) is 0 Å². The first-order valence-electron chi connectivity index (χ1n) is 8.01. The van der Waals surface area contributed by atoms with Crippen LogP contribution in [0.1, 0.15) is 32.6 Å². The van der Waals surface area contributed by atoms with Gasteiger partial charge in [0.1, 0.15) is 0 Å². The van der Waals surface area contributed by atoms with Gasteiger partial charge in [0.25, 0.3) is 0 Å². The number of Topliss-reactive ketones (excluding diaryl/α,β-unsaturated/α-hetero) is 1. The van der Waals surface area contributed by atoms with E-state index in [-0.39, 0.29) is 5.78 Å². The molecule has 0 fully saturated rings. The molecule has 25 heavy (non-hydrogen) atoms. The molecule has 3 aromatic carbocycles. The van der Waals surface area contributed by atoms with Crippen LogP contribution in [0.15, 0.2) is 78.9 Å². The molecule has 0 radical (unpaired) electrons. The predicted octanol–water partition coefficient (Wildman–Crippen LogP) is 4.63. The molecule has 1 nitrogen and oxygen atoms in total. The maximum Gasteiger partial charge on any atom is 0.237 e. The second-order valence-corrected chi connectivity index (χ2v) is 5.61. The summed E-state index contributed by atoms with van der Waals surface area (Å²) in [6.07, 6.45) is 0. The molecule has 0 saturated carbocycles. The second kappa shape index (κ2) is 7.82. The van der Waals surface area contributed by atoms with Crippen LogP contribution in [-0.4, -0.2) is 5.78 Å². The van der Waals surface area contributed by atoms with E-state index in [9.17, 15) is 4.79 Å². The van der Waals surface area contributed by atoms with Crippen LogP contribution in [0.2, 0.25) is 0 Å². The van der Waals surface area contributed by atoms with Crippen LogP contribution < -0.4 is 0 Å². The molecule has 0 amide bonds.